The lowest BCUT2D eigenvalue weighted by molar-refractivity contribution is 0.578. The van der Waals surface area contributed by atoms with Crippen LogP contribution >= 0.6 is 0 Å². The van der Waals surface area contributed by atoms with Crippen LogP contribution in [0, 0.1) is 29.3 Å². The van der Waals surface area contributed by atoms with Crippen LogP contribution in [0.2, 0.25) is 0 Å². The molecular weight excluding hydrogens is 397 g/mol. The quantitative estimate of drug-likeness (QED) is 0.292. The monoisotopic (exact) mass is 414 g/mol. The van der Waals surface area contributed by atoms with Crippen molar-refractivity contribution in [1.29, 1.82) is 0 Å². The second-order valence-electron chi connectivity index (χ2n) is 7.01. The fourth-order valence-corrected chi connectivity index (χ4v) is 3.15. The van der Waals surface area contributed by atoms with E-state index in [0.29, 0.717) is 5.56 Å². The van der Waals surface area contributed by atoms with Crippen molar-refractivity contribution >= 4 is 10.8 Å². The van der Waals surface area contributed by atoms with Gasteiger partial charge in [-0.25, -0.2) is 23.1 Å². The number of benzene rings is 3. The molecule has 0 saturated carbocycles. The van der Waals surface area contributed by atoms with E-state index in [9.17, 15) is 13.2 Å². The normalized spacial score (nSPS) is 10.5. The highest BCUT2D eigenvalue weighted by molar-refractivity contribution is 5.84. The Labute approximate surface area is 178 Å². The molecule has 0 aliphatic carbocycles. The van der Waals surface area contributed by atoms with Crippen molar-refractivity contribution in [2.75, 3.05) is 0 Å². The Morgan fingerprint density at radius 2 is 1.52 bits per heavy atom. The van der Waals surface area contributed by atoms with E-state index in [2.05, 4.69) is 28.4 Å². The number of allylic oxidation sites excluding steroid dienone is 1. The highest BCUT2D eigenvalue weighted by Gasteiger charge is 2.12. The summed E-state index contributed by atoms with van der Waals surface area (Å²) in [5.41, 5.74) is 1.40. The summed E-state index contributed by atoms with van der Waals surface area (Å²) in [5, 5.41) is 1.51. The first-order chi connectivity index (χ1) is 15.0. The Balaban J connectivity index is 1.61. The Kier molecular flexibility index (Phi) is 5.81. The van der Waals surface area contributed by atoms with Gasteiger partial charge >= 0.3 is 0 Å². The standard InChI is InChI=1S/C26H17F3N2/c1-2-3-4-18-15-30-26(31-16-18)21-13-24(28)23(25(29)14-21)10-6-17-5-7-20-12-22(27)9-8-19(20)11-17/h2,5,7-9,11-16H,1,3-4H2. The lowest BCUT2D eigenvalue weighted by Gasteiger charge is -2.05. The minimum atomic E-state index is -0.787. The fourth-order valence-electron chi connectivity index (χ4n) is 3.15. The van der Waals surface area contributed by atoms with Crippen molar-refractivity contribution in [1.82, 2.24) is 9.97 Å². The number of hydrogen-bond acceptors (Lipinski definition) is 2. The van der Waals surface area contributed by atoms with Crippen molar-refractivity contribution in [3.05, 3.63) is 108 Å². The van der Waals surface area contributed by atoms with E-state index in [-0.39, 0.29) is 22.8 Å². The van der Waals surface area contributed by atoms with E-state index >= 15 is 0 Å². The van der Waals surface area contributed by atoms with Crippen LogP contribution in [-0.2, 0) is 6.42 Å². The number of aryl methyl sites for hydroxylation is 1. The molecule has 0 fully saturated rings. The van der Waals surface area contributed by atoms with Gasteiger partial charge in [0, 0.05) is 23.5 Å². The lowest BCUT2D eigenvalue weighted by atomic mass is 10.1. The molecule has 4 aromatic rings. The summed E-state index contributed by atoms with van der Waals surface area (Å²) in [6.45, 7) is 3.67. The Morgan fingerprint density at radius 3 is 2.23 bits per heavy atom. The van der Waals surface area contributed by atoms with Crippen LogP contribution in [0.4, 0.5) is 13.2 Å². The first-order valence-corrected chi connectivity index (χ1v) is 9.66. The summed E-state index contributed by atoms with van der Waals surface area (Å²) in [6.07, 6.45) is 6.64. The van der Waals surface area contributed by atoms with E-state index < -0.39 is 11.6 Å². The smallest absolute Gasteiger partial charge is 0.159 e. The zero-order valence-corrected chi connectivity index (χ0v) is 16.5. The van der Waals surface area contributed by atoms with Gasteiger partial charge in [0.2, 0.25) is 0 Å². The number of halogens is 3. The molecule has 5 heteroatoms. The molecule has 152 valence electrons. The number of fused-ring (bicyclic) bond motifs is 1. The fraction of sp³-hybridized carbons (Fsp3) is 0.0769. The summed E-state index contributed by atoms with van der Waals surface area (Å²) in [4.78, 5) is 8.40. The molecular formula is C26H17F3N2. The first kappa shape index (κ1) is 20.4. The van der Waals surface area contributed by atoms with Gasteiger partial charge in [-0.15, -0.1) is 6.58 Å². The third kappa shape index (κ3) is 4.65. The maximum absolute atomic E-state index is 14.6. The van der Waals surface area contributed by atoms with Crippen molar-refractivity contribution < 1.29 is 13.2 Å². The van der Waals surface area contributed by atoms with Crippen LogP contribution in [0.15, 0.2) is 73.6 Å². The maximum Gasteiger partial charge on any atom is 0.159 e. The molecule has 0 atom stereocenters. The van der Waals surface area contributed by atoms with Gasteiger partial charge in [-0.3, -0.25) is 0 Å². The zero-order chi connectivity index (χ0) is 21.8. The third-order valence-corrected chi connectivity index (χ3v) is 4.78. The molecule has 0 unspecified atom stereocenters. The van der Waals surface area contributed by atoms with Gasteiger partial charge in [0.15, 0.2) is 5.82 Å². The number of hydrogen-bond donors (Lipinski definition) is 0. The molecule has 0 saturated heterocycles. The molecule has 31 heavy (non-hydrogen) atoms. The average Bonchev–Trinajstić information content (AvgIpc) is 2.77. The summed E-state index contributed by atoms with van der Waals surface area (Å²) < 4.78 is 42.5. The second-order valence-corrected chi connectivity index (χ2v) is 7.01. The molecule has 1 heterocycles. The molecule has 2 nitrogen and oxygen atoms in total. The van der Waals surface area contributed by atoms with E-state index in [4.69, 9.17) is 0 Å². The number of aromatic nitrogens is 2. The topological polar surface area (TPSA) is 25.8 Å². The van der Waals surface area contributed by atoms with E-state index in [1.54, 1.807) is 42.7 Å². The van der Waals surface area contributed by atoms with Crippen molar-refractivity contribution in [3.8, 4) is 23.2 Å². The molecule has 0 N–H and O–H groups in total. The molecule has 0 spiro atoms. The second kappa shape index (κ2) is 8.85. The van der Waals surface area contributed by atoms with Gasteiger partial charge in [0.05, 0.1) is 5.56 Å². The lowest BCUT2D eigenvalue weighted by Crippen LogP contribution is -1.96. The molecule has 4 rings (SSSR count). The Hall–Kier alpha value is -3.91. The summed E-state index contributed by atoms with van der Waals surface area (Å²) in [6, 6.07) is 11.9. The SMILES string of the molecule is C=CCCc1cnc(-c2cc(F)c(C#Cc3ccc4cc(F)ccc4c3)c(F)c2)nc1. The Bertz CT molecular complexity index is 1310. The van der Waals surface area contributed by atoms with Gasteiger partial charge in [0.1, 0.15) is 17.5 Å². The van der Waals surface area contributed by atoms with E-state index in [1.807, 2.05) is 0 Å². The van der Waals surface area contributed by atoms with E-state index in [0.717, 1.165) is 29.2 Å². The highest BCUT2D eigenvalue weighted by Crippen LogP contribution is 2.22. The molecule has 3 aromatic carbocycles. The molecule has 0 bridgehead atoms. The molecule has 0 aliphatic rings. The van der Waals surface area contributed by atoms with Gasteiger partial charge in [-0.05, 0) is 65.6 Å². The molecule has 0 amide bonds. The number of rotatable bonds is 4. The van der Waals surface area contributed by atoms with Crippen LogP contribution in [0.5, 0.6) is 0 Å². The Morgan fingerprint density at radius 1 is 0.839 bits per heavy atom. The summed E-state index contributed by atoms with van der Waals surface area (Å²) >= 11 is 0. The predicted octanol–water partition coefficient (Wildman–Crippen LogP) is 6.23. The summed E-state index contributed by atoms with van der Waals surface area (Å²) in [7, 11) is 0. The van der Waals surface area contributed by atoms with Gasteiger partial charge in [-0.1, -0.05) is 30.0 Å². The molecule has 0 aliphatic heterocycles. The van der Waals surface area contributed by atoms with Crippen LogP contribution in [0.25, 0.3) is 22.2 Å². The van der Waals surface area contributed by atoms with Crippen LogP contribution < -0.4 is 0 Å². The van der Waals surface area contributed by atoms with Crippen LogP contribution in [-0.4, -0.2) is 9.97 Å². The maximum atomic E-state index is 14.6. The summed E-state index contributed by atoms with van der Waals surface area (Å²) in [5.74, 6) is 3.67. The van der Waals surface area contributed by atoms with Gasteiger partial charge in [-0.2, -0.15) is 0 Å². The first-order valence-electron chi connectivity index (χ1n) is 9.66. The average molecular weight is 414 g/mol. The largest absolute Gasteiger partial charge is 0.236 e. The van der Waals surface area contributed by atoms with Gasteiger partial charge < -0.3 is 0 Å². The zero-order valence-electron chi connectivity index (χ0n) is 16.5. The van der Waals surface area contributed by atoms with E-state index in [1.165, 1.54) is 24.3 Å². The minimum Gasteiger partial charge on any atom is -0.236 e. The van der Waals surface area contributed by atoms with Crippen molar-refractivity contribution in [2.45, 2.75) is 12.8 Å². The van der Waals surface area contributed by atoms with Gasteiger partial charge in [0.25, 0.3) is 0 Å². The molecule has 1 aromatic heterocycles. The van der Waals surface area contributed by atoms with Crippen molar-refractivity contribution in [2.24, 2.45) is 0 Å². The van der Waals surface area contributed by atoms with Crippen molar-refractivity contribution in [3.63, 3.8) is 0 Å². The third-order valence-electron chi connectivity index (χ3n) is 4.78. The van der Waals surface area contributed by atoms with Crippen LogP contribution in [0.3, 0.4) is 0 Å². The predicted molar refractivity (Wildman–Crippen MR) is 116 cm³/mol. The molecule has 0 radical (unpaired) electrons. The minimum absolute atomic E-state index is 0.237. The van der Waals surface area contributed by atoms with Crippen LogP contribution in [0.1, 0.15) is 23.1 Å². The highest BCUT2D eigenvalue weighted by atomic mass is 19.1. The number of nitrogens with zero attached hydrogens (tertiary/aromatic N) is 2.